The van der Waals surface area contributed by atoms with E-state index in [0.717, 1.165) is 5.56 Å². The van der Waals surface area contributed by atoms with Crippen LogP contribution in [0.15, 0.2) is 24.3 Å². The van der Waals surface area contributed by atoms with Crippen molar-refractivity contribution in [3.63, 3.8) is 0 Å². The highest BCUT2D eigenvalue weighted by atomic mass is 19.1. The quantitative estimate of drug-likeness (QED) is 0.873. The minimum Gasteiger partial charge on any atom is -0.354 e. The highest BCUT2D eigenvalue weighted by molar-refractivity contribution is 5.89. The van der Waals surface area contributed by atoms with E-state index in [1.807, 2.05) is 0 Å². The monoisotopic (exact) mass is 294 g/mol. The first kappa shape index (κ1) is 17.1. The third kappa shape index (κ3) is 5.94. The fourth-order valence-electron chi connectivity index (χ4n) is 1.65. The van der Waals surface area contributed by atoms with E-state index in [4.69, 9.17) is 0 Å². The van der Waals surface area contributed by atoms with Crippen LogP contribution in [-0.2, 0) is 16.0 Å². The Morgan fingerprint density at radius 2 is 1.95 bits per heavy atom. The predicted octanol–water partition coefficient (Wildman–Crippen LogP) is 2.04. The number of nitrogens with one attached hydrogen (secondary N) is 2. The summed E-state index contributed by atoms with van der Waals surface area (Å²) in [7, 11) is 0. The Labute approximate surface area is 125 Å². The summed E-state index contributed by atoms with van der Waals surface area (Å²) in [6, 6.07) is 5.67. The molecule has 0 aromatic heterocycles. The summed E-state index contributed by atoms with van der Waals surface area (Å²) in [4.78, 5) is 23.6. The second-order valence-corrected chi connectivity index (χ2v) is 6.12. The first-order valence-corrected chi connectivity index (χ1v) is 7.03. The van der Waals surface area contributed by atoms with E-state index in [9.17, 15) is 14.0 Å². The Balaban J connectivity index is 2.38. The number of hydrogen-bond acceptors (Lipinski definition) is 2. The molecule has 5 heteroatoms. The number of amides is 2. The summed E-state index contributed by atoms with van der Waals surface area (Å²) in [5.41, 5.74) is 0.289. The van der Waals surface area contributed by atoms with Gasteiger partial charge in [0.1, 0.15) is 11.9 Å². The van der Waals surface area contributed by atoms with Crippen LogP contribution in [0.1, 0.15) is 33.3 Å². The van der Waals surface area contributed by atoms with Gasteiger partial charge in [0.05, 0.1) is 0 Å². The number of hydrogen-bond donors (Lipinski definition) is 2. The molecule has 1 aromatic rings. The third-order valence-corrected chi connectivity index (χ3v) is 3.02. The standard InChI is InChI=1S/C16H23FN2O2/c1-11(19-15(21)16(2,3)4)14(20)18-9-8-12-6-5-7-13(17)10-12/h5-7,10-11H,8-9H2,1-4H3,(H,18,20)(H,19,21). The van der Waals surface area contributed by atoms with Crippen LogP contribution in [0.3, 0.4) is 0 Å². The van der Waals surface area contributed by atoms with Crippen LogP contribution >= 0.6 is 0 Å². The SMILES string of the molecule is CC(NC(=O)C(C)(C)C)C(=O)NCCc1cccc(F)c1. The van der Waals surface area contributed by atoms with Crippen LogP contribution in [0, 0.1) is 11.2 Å². The molecule has 0 saturated carbocycles. The summed E-state index contributed by atoms with van der Waals surface area (Å²) >= 11 is 0. The predicted molar refractivity (Wildman–Crippen MR) is 80.2 cm³/mol. The van der Waals surface area contributed by atoms with Gasteiger partial charge in [0.2, 0.25) is 11.8 Å². The van der Waals surface area contributed by atoms with Crippen LogP contribution in [0.2, 0.25) is 0 Å². The van der Waals surface area contributed by atoms with Gasteiger partial charge in [-0.15, -0.1) is 0 Å². The number of carbonyl (C=O) groups excluding carboxylic acids is 2. The average Bonchev–Trinajstić information content (AvgIpc) is 2.37. The van der Waals surface area contributed by atoms with Crippen molar-refractivity contribution < 1.29 is 14.0 Å². The molecule has 1 aromatic carbocycles. The molecule has 4 nitrogen and oxygen atoms in total. The molecule has 0 aliphatic heterocycles. The van der Waals surface area contributed by atoms with Gasteiger partial charge in [-0.1, -0.05) is 32.9 Å². The molecule has 0 aliphatic rings. The van der Waals surface area contributed by atoms with E-state index < -0.39 is 11.5 Å². The van der Waals surface area contributed by atoms with Gasteiger partial charge in [0.15, 0.2) is 0 Å². The van der Waals surface area contributed by atoms with E-state index in [1.165, 1.54) is 12.1 Å². The van der Waals surface area contributed by atoms with Crippen molar-refractivity contribution in [3.05, 3.63) is 35.6 Å². The molecule has 0 bridgehead atoms. The Morgan fingerprint density at radius 3 is 2.52 bits per heavy atom. The molecule has 116 valence electrons. The van der Waals surface area contributed by atoms with Crippen LogP contribution in [0.4, 0.5) is 4.39 Å². The average molecular weight is 294 g/mol. The zero-order chi connectivity index (χ0) is 16.0. The molecule has 2 N–H and O–H groups in total. The topological polar surface area (TPSA) is 58.2 Å². The normalized spacial score (nSPS) is 12.6. The molecule has 1 atom stereocenters. The molecule has 21 heavy (non-hydrogen) atoms. The van der Waals surface area contributed by atoms with Crippen molar-refractivity contribution in [2.45, 2.75) is 40.2 Å². The minimum absolute atomic E-state index is 0.171. The fraction of sp³-hybridized carbons (Fsp3) is 0.500. The van der Waals surface area contributed by atoms with Gasteiger partial charge in [-0.2, -0.15) is 0 Å². The second-order valence-electron chi connectivity index (χ2n) is 6.12. The molecule has 1 rings (SSSR count). The van der Waals surface area contributed by atoms with Crippen molar-refractivity contribution in [2.75, 3.05) is 6.54 Å². The van der Waals surface area contributed by atoms with Gasteiger partial charge in [-0.3, -0.25) is 9.59 Å². The Hall–Kier alpha value is -1.91. The zero-order valence-electron chi connectivity index (χ0n) is 13.0. The lowest BCUT2D eigenvalue weighted by molar-refractivity contribution is -0.133. The maximum Gasteiger partial charge on any atom is 0.242 e. The van der Waals surface area contributed by atoms with Gasteiger partial charge in [-0.05, 0) is 31.0 Å². The molecule has 0 radical (unpaired) electrons. The molecule has 0 spiro atoms. The van der Waals surface area contributed by atoms with Crippen molar-refractivity contribution in [1.29, 1.82) is 0 Å². The molecule has 1 unspecified atom stereocenters. The fourth-order valence-corrected chi connectivity index (χ4v) is 1.65. The lowest BCUT2D eigenvalue weighted by Gasteiger charge is -2.21. The molecule has 0 heterocycles. The molecular weight excluding hydrogens is 271 g/mol. The van der Waals surface area contributed by atoms with E-state index in [1.54, 1.807) is 39.8 Å². The lowest BCUT2D eigenvalue weighted by atomic mass is 9.95. The highest BCUT2D eigenvalue weighted by Crippen LogP contribution is 2.12. The first-order valence-electron chi connectivity index (χ1n) is 7.03. The number of rotatable bonds is 5. The van der Waals surface area contributed by atoms with Gasteiger partial charge in [0.25, 0.3) is 0 Å². The van der Waals surface area contributed by atoms with Crippen molar-refractivity contribution >= 4 is 11.8 Å². The molecular formula is C16H23FN2O2. The van der Waals surface area contributed by atoms with E-state index in [2.05, 4.69) is 10.6 Å². The Bertz CT molecular complexity index is 509. The third-order valence-electron chi connectivity index (χ3n) is 3.02. The highest BCUT2D eigenvalue weighted by Gasteiger charge is 2.24. The van der Waals surface area contributed by atoms with Crippen molar-refractivity contribution in [3.8, 4) is 0 Å². The summed E-state index contributed by atoms with van der Waals surface area (Å²) < 4.78 is 13.0. The van der Waals surface area contributed by atoms with Gasteiger partial charge in [-0.25, -0.2) is 4.39 Å². The molecule has 2 amide bonds. The molecule has 0 fully saturated rings. The van der Waals surface area contributed by atoms with E-state index in [0.29, 0.717) is 13.0 Å². The van der Waals surface area contributed by atoms with E-state index in [-0.39, 0.29) is 17.6 Å². The number of carbonyl (C=O) groups is 2. The number of benzene rings is 1. The zero-order valence-corrected chi connectivity index (χ0v) is 13.0. The largest absolute Gasteiger partial charge is 0.354 e. The maximum absolute atomic E-state index is 13.0. The van der Waals surface area contributed by atoms with Crippen LogP contribution in [0.25, 0.3) is 0 Å². The summed E-state index contributed by atoms with van der Waals surface area (Å²) in [6.45, 7) is 7.41. The maximum atomic E-state index is 13.0. The van der Waals surface area contributed by atoms with E-state index >= 15 is 0 Å². The first-order chi connectivity index (χ1) is 9.70. The van der Waals surface area contributed by atoms with Crippen LogP contribution in [0.5, 0.6) is 0 Å². The van der Waals surface area contributed by atoms with Gasteiger partial charge >= 0.3 is 0 Å². The summed E-state index contributed by atoms with van der Waals surface area (Å²) in [6.07, 6.45) is 0.545. The van der Waals surface area contributed by atoms with Crippen LogP contribution in [-0.4, -0.2) is 24.4 Å². The van der Waals surface area contributed by atoms with Gasteiger partial charge < -0.3 is 10.6 Å². The van der Waals surface area contributed by atoms with Crippen LogP contribution < -0.4 is 10.6 Å². The second kappa shape index (κ2) is 7.20. The Kier molecular flexibility index (Phi) is 5.88. The van der Waals surface area contributed by atoms with Crippen molar-refractivity contribution in [1.82, 2.24) is 10.6 Å². The van der Waals surface area contributed by atoms with Gasteiger partial charge in [0, 0.05) is 12.0 Å². The Morgan fingerprint density at radius 1 is 1.29 bits per heavy atom. The lowest BCUT2D eigenvalue weighted by Crippen LogP contribution is -2.48. The smallest absolute Gasteiger partial charge is 0.242 e. The molecule has 0 saturated heterocycles. The number of halogens is 1. The minimum atomic E-state index is -0.593. The summed E-state index contributed by atoms with van der Waals surface area (Å²) in [5, 5.41) is 5.40. The summed E-state index contributed by atoms with van der Waals surface area (Å²) in [5.74, 6) is -0.705. The molecule has 0 aliphatic carbocycles. The van der Waals surface area contributed by atoms with Crippen molar-refractivity contribution in [2.24, 2.45) is 5.41 Å².